The van der Waals surface area contributed by atoms with E-state index >= 15 is 0 Å². The number of carbonyl (C=O) groups is 2. The minimum atomic E-state index is -0.844. The van der Waals surface area contributed by atoms with Crippen LogP contribution in [0.15, 0.2) is 48.7 Å². The summed E-state index contributed by atoms with van der Waals surface area (Å²) in [5.74, 6) is -2.22. The van der Waals surface area contributed by atoms with E-state index in [1.165, 1.54) is 12.1 Å². The predicted octanol–water partition coefficient (Wildman–Crippen LogP) is 3.33. The van der Waals surface area contributed by atoms with Gasteiger partial charge < -0.3 is 20.1 Å². The monoisotopic (exact) mass is 416 g/mol. The fraction of sp³-hybridized carbons (Fsp3) is 0.238. The van der Waals surface area contributed by atoms with Crippen molar-refractivity contribution in [3.05, 3.63) is 65.1 Å². The third kappa shape index (κ3) is 4.58. The molecule has 0 bridgehead atoms. The second-order valence-electron chi connectivity index (χ2n) is 6.98. The number of amides is 2. The van der Waals surface area contributed by atoms with Crippen molar-refractivity contribution in [2.75, 3.05) is 26.0 Å². The summed E-state index contributed by atoms with van der Waals surface area (Å²) in [7, 11) is 5.80. The molecule has 0 saturated heterocycles. The smallest absolute Gasteiger partial charge is 0.313 e. The Labute approximate surface area is 173 Å². The van der Waals surface area contributed by atoms with E-state index < -0.39 is 17.6 Å². The van der Waals surface area contributed by atoms with Crippen LogP contribution in [-0.2, 0) is 16.6 Å². The molecular formula is C21H22ClFN4O2. The van der Waals surface area contributed by atoms with E-state index in [0.717, 1.165) is 22.5 Å². The van der Waals surface area contributed by atoms with Crippen LogP contribution in [0.25, 0.3) is 10.9 Å². The van der Waals surface area contributed by atoms with Crippen LogP contribution in [0.4, 0.5) is 10.1 Å². The van der Waals surface area contributed by atoms with E-state index in [2.05, 4.69) is 10.6 Å². The number of hydrogen-bond acceptors (Lipinski definition) is 3. The third-order valence-corrected chi connectivity index (χ3v) is 5.04. The van der Waals surface area contributed by atoms with Gasteiger partial charge in [-0.05, 0) is 43.9 Å². The second-order valence-corrected chi connectivity index (χ2v) is 7.39. The number of nitrogens with one attached hydrogen (secondary N) is 2. The number of benzene rings is 2. The van der Waals surface area contributed by atoms with Gasteiger partial charge in [0.25, 0.3) is 0 Å². The van der Waals surface area contributed by atoms with Crippen molar-refractivity contribution in [3.63, 3.8) is 0 Å². The van der Waals surface area contributed by atoms with Crippen molar-refractivity contribution in [3.8, 4) is 0 Å². The van der Waals surface area contributed by atoms with Crippen LogP contribution < -0.4 is 10.6 Å². The first-order valence-electron chi connectivity index (χ1n) is 9.02. The number of halogens is 2. The molecule has 2 N–H and O–H groups in total. The van der Waals surface area contributed by atoms with Crippen LogP contribution in [-0.4, -0.2) is 41.9 Å². The molecule has 2 aromatic carbocycles. The minimum absolute atomic E-state index is 0.127. The van der Waals surface area contributed by atoms with Crippen molar-refractivity contribution in [2.45, 2.75) is 6.04 Å². The molecule has 29 heavy (non-hydrogen) atoms. The van der Waals surface area contributed by atoms with Gasteiger partial charge >= 0.3 is 11.8 Å². The molecule has 0 fully saturated rings. The van der Waals surface area contributed by atoms with Gasteiger partial charge in [0.1, 0.15) is 5.82 Å². The maximum absolute atomic E-state index is 13.2. The highest BCUT2D eigenvalue weighted by atomic mass is 35.5. The number of para-hydroxylation sites is 1. The Morgan fingerprint density at radius 2 is 1.90 bits per heavy atom. The zero-order chi connectivity index (χ0) is 21.1. The zero-order valence-electron chi connectivity index (χ0n) is 16.4. The number of aryl methyl sites for hydroxylation is 1. The molecule has 152 valence electrons. The molecular weight excluding hydrogens is 395 g/mol. The van der Waals surface area contributed by atoms with Crippen molar-refractivity contribution in [2.24, 2.45) is 7.05 Å². The van der Waals surface area contributed by atoms with Gasteiger partial charge in [0, 0.05) is 36.4 Å². The van der Waals surface area contributed by atoms with E-state index in [0.29, 0.717) is 0 Å². The van der Waals surface area contributed by atoms with Gasteiger partial charge in [0.2, 0.25) is 0 Å². The summed E-state index contributed by atoms with van der Waals surface area (Å²) in [6, 6.07) is 11.6. The van der Waals surface area contributed by atoms with Crippen LogP contribution in [0.2, 0.25) is 5.02 Å². The molecule has 1 heterocycles. The highest BCUT2D eigenvalue weighted by Crippen LogP contribution is 2.28. The van der Waals surface area contributed by atoms with Gasteiger partial charge in [0.05, 0.1) is 11.1 Å². The van der Waals surface area contributed by atoms with E-state index in [4.69, 9.17) is 11.6 Å². The summed E-state index contributed by atoms with van der Waals surface area (Å²) in [5, 5.41) is 6.05. The van der Waals surface area contributed by atoms with Crippen LogP contribution in [0.1, 0.15) is 11.6 Å². The Balaban J connectivity index is 1.70. The van der Waals surface area contributed by atoms with Crippen molar-refractivity contribution >= 4 is 40.0 Å². The Morgan fingerprint density at radius 3 is 2.59 bits per heavy atom. The van der Waals surface area contributed by atoms with E-state index in [1.54, 1.807) is 0 Å². The van der Waals surface area contributed by atoms with E-state index in [1.807, 2.05) is 61.1 Å². The normalized spacial score (nSPS) is 12.2. The number of anilines is 1. The summed E-state index contributed by atoms with van der Waals surface area (Å²) >= 11 is 5.70. The van der Waals surface area contributed by atoms with Gasteiger partial charge in [0.15, 0.2) is 0 Å². The standard InChI is InChI=1S/C21H22ClFN4O2/c1-26(2)19(15-12-27(3)18-7-5-4-6-14(15)18)11-24-20(28)21(29)25-13-8-9-17(23)16(22)10-13/h4-10,12,19H,11H2,1-3H3,(H,24,28)(H,25,29)/t19-/m1/s1. The number of hydrogen-bond donors (Lipinski definition) is 2. The number of carbonyl (C=O) groups excluding carboxylic acids is 2. The Morgan fingerprint density at radius 1 is 1.17 bits per heavy atom. The van der Waals surface area contributed by atoms with E-state index in [-0.39, 0.29) is 23.3 Å². The van der Waals surface area contributed by atoms with Crippen molar-refractivity contribution in [1.29, 1.82) is 0 Å². The summed E-state index contributed by atoms with van der Waals surface area (Å²) in [6.45, 7) is 0.247. The number of fused-ring (bicyclic) bond motifs is 1. The quantitative estimate of drug-likeness (QED) is 0.627. The SMILES string of the molecule is CN(C)[C@H](CNC(=O)C(=O)Nc1ccc(F)c(Cl)c1)c1cn(C)c2ccccc12. The summed E-state index contributed by atoms with van der Waals surface area (Å²) in [4.78, 5) is 26.4. The molecule has 0 aliphatic heterocycles. The lowest BCUT2D eigenvalue weighted by Gasteiger charge is -2.24. The fourth-order valence-electron chi connectivity index (χ4n) is 3.24. The Kier molecular flexibility index (Phi) is 6.20. The number of likely N-dealkylation sites (N-methyl/N-ethyl adjacent to an activating group) is 1. The largest absolute Gasteiger partial charge is 0.350 e. The number of aromatic nitrogens is 1. The van der Waals surface area contributed by atoms with Gasteiger partial charge in [-0.1, -0.05) is 29.8 Å². The van der Waals surface area contributed by atoms with Crippen LogP contribution in [0.3, 0.4) is 0 Å². The van der Waals surface area contributed by atoms with Crippen LogP contribution >= 0.6 is 11.6 Å². The van der Waals surface area contributed by atoms with Crippen molar-refractivity contribution < 1.29 is 14.0 Å². The predicted molar refractivity (Wildman–Crippen MR) is 112 cm³/mol. The summed E-state index contributed by atoms with van der Waals surface area (Å²) in [6.07, 6.45) is 2.03. The molecule has 0 unspecified atom stereocenters. The molecule has 0 radical (unpaired) electrons. The molecule has 1 aromatic heterocycles. The maximum atomic E-state index is 13.2. The average Bonchev–Trinajstić information content (AvgIpc) is 3.01. The van der Waals surface area contributed by atoms with Gasteiger partial charge in [-0.3, -0.25) is 9.59 Å². The van der Waals surface area contributed by atoms with Crippen LogP contribution in [0.5, 0.6) is 0 Å². The van der Waals surface area contributed by atoms with Gasteiger partial charge in [-0.15, -0.1) is 0 Å². The Hall–Kier alpha value is -2.90. The van der Waals surface area contributed by atoms with Gasteiger partial charge in [-0.2, -0.15) is 0 Å². The molecule has 0 spiro atoms. The first-order valence-corrected chi connectivity index (χ1v) is 9.40. The first kappa shape index (κ1) is 20.8. The molecule has 2 amide bonds. The number of nitrogens with zero attached hydrogens (tertiary/aromatic N) is 2. The molecule has 0 aliphatic rings. The van der Waals surface area contributed by atoms with Crippen LogP contribution in [0, 0.1) is 5.82 Å². The summed E-state index contributed by atoms with van der Waals surface area (Å²) < 4.78 is 15.3. The summed E-state index contributed by atoms with van der Waals surface area (Å²) in [5.41, 5.74) is 2.39. The first-order chi connectivity index (χ1) is 13.8. The zero-order valence-corrected chi connectivity index (χ0v) is 17.1. The topological polar surface area (TPSA) is 66.4 Å². The molecule has 3 aromatic rings. The highest BCUT2D eigenvalue weighted by molar-refractivity contribution is 6.39. The molecule has 6 nitrogen and oxygen atoms in total. The lowest BCUT2D eigenvalue weighted by Crippen LogP contribution is -2.40. The number of rotatable bonds is 5. The van der Waals surface area contributed by atoms with Gasteiger partial charge in [-0.25, -0.2) is 4.39 Å². The third-order valence-electron chi connectivity index (χ3n) is 4.75. The van der Waals surface area contributed by atoms with E-state index in [9.17, 15) is 14.0 Å². The molecule has 8 heteroatoms. The van der Waals surface area contributed by atoms with Crippen molar-refractivity contribution in [1.82, 2.24) is 14.8 Å². The maximum Gasteiger partial charge on any atom is 0.313 e. The second kappa shape index (κ2) is 8.63. The average molecular weight is 417 g/mol. The molecule has 3 rings (SSSR count). The molecule has 1 atom stereocenters. The molecule has 0 aliphatic carbocycles. The fourth-order valence-corrected chi connectivity index (χ4v) is 3.42. The minimum Gasteiger partial charge on any atom is -0.350 e. The lowest BCUT2D eigenvalue weighted by molar-refractivity contribution is -0.136. The lowest BCUT2D eigenvalue weighted by atomic mass is 10.0. The highest BCUT2D eigenvalue weighted by Gasteiger charge is 2.22. The Bertz CT molecular complexity index is 1060. The molecule has 0 saturated carbocycles.